The third-order valence-electron chi connectivity index (χ3n) is 5.36. The standard InChI is InChI=1S/C23H24F3N3O3/c1-4-17-12-29(8-7-27-17)13-20(16-6-5-14(2)19(10-16)23(24,25)26)32-18-9-15(3)21(22(30)31)28-11-18/h1,5-6,9-11,17,20,27H,7-8,12-13H2,2-3H3,(H,30,31)/t17-,20?/m1/s1. The van der Waals surface area contributed by atoms with Crippen molar-refractivity contribution in [2.45, 2.75) is 32.2 Å². The third kappa shape index (κ3) is 5.58. The van der Waals surface area contributed by atoms with Crippen molar-refractivity contribution in [1.82, 2.24) is 15.2 Å². The zero-order valence-corrected chi connectivity index (χ0v) is 17.7. The molecule has 0 saturated carbocycles. The molecular weight excluding hydrogens is 423 g/mol. The molecule has 6 nitrogen and oxygen atoms in total. The van der Waals surface area contributed by atoms with Crippen molar-refractivity contribution >= 4 is 5.97 Å². The summed E-state index contributed by atoms with van der Waals surface area (Å²) in [6, 6.07) is 5.50. The van der Waals surface area contributed by atoms with E-state index in [-0.39, 0.29) is 23.0 Å². The van der Waals surface area contributed by atoms with Gasteiger partial charge in [-0.25, -0.2) is 9.78 Å². The van der Waals surface area contributed by atoms with Gasteiger partial charge in [0.2, 0.25) is 0 Å². The Morgan fingerprint density at radius 3 is 2.75 bits per heavy atom. The molecule has 1 aromatic carbocycles. The van der Waals surface area contributed by atoms with Gasteiger partial charge in [0.15, 0.2) is 5.69 Å². The SMILES string of the molecule is C#C[C@@H]1CN(CC(Oc2cnc(C(=O)O)c(C)c2)c2ccc(C)c(C(F)(F)F)c2)CCN1. The molecule has 0 bridgehead atoms. The summed E-state index contributed by atoms with van der Waals surface area (Å²) < 4.78 is 46.6. The second-order valence-corrected chi connectivity index (χ2v) is 7.75. The Balaban J connectivity index is 1.94. The molecule has 0 aliphatic carbocycles. The van der Waals surface area contributed by atoms with E-state index in [1.54, 1.807) is 13.0 Å². The van der Waals surface area contributed by atoms with Gasteiger partial charge in [0.05, 0.1) is 17.8 Å². The Hall–Kier alpha value is -3.09. The maximum Gasteiger partial charge on any atom is 0.416 e. The number of carbonyl (C=O) groups is 1. The molecule has 2 aromatic rings. The van der Waals surface area contributed by atoms with E-state index < -0.39 is 23.8 Å². The highest BCUT2D eigenvalue weighted by atomic mass is 19.4. The quantitative estimate of drug-likeness (QED) is 0.661. The summed E-state index contributed by atoms with van der Waals surface area (Å²) in [6.45, 7) is 5.14. The second kappa shape index (κ2) is 9.59. The maximum absolute atomic E-state index is 13.5. The van der Waals surface area contributed by atoms with Crippen LogP contribution in [0.2, 0.25) is 0 Å². The number of hydrogen-bond acceptors (Lipinski definition) is 5. The van der Waals surface area contributed by atoms with E-state index in [1.807, 2.05) is 4.90 Å². The molecular formula is C23H24F3N3O3. The van der Waals surface area contributed by atoms with Crippen molar-refractivity contribution in [3.63, 3.8) is 0 Å². The van der Waals surface area contributed by atoms with E-state index >= 15 is 0 Å². The van der Waals surface area contributed by atoms with Crippen LogP contribution in [0.3, 0.4) is 0 Å². The highest BCUT2D eigenvalue weighted by Gasteiger charge is 2.33. The third-order valence-corrected chi connectivity index (χ3v) is 5.36. The molecule has 1 aromatic heterocycles. The molecule has 2 atom stereocenters. The molecule has 2 heterocycles. The average molecular weight is 447 g/mol. The number of nitrogens with one attached hydrogen (secondary N) is 1. The van der Waals surface area contributed by atoms with Gasteiger partial charge in [-0.3, -0.25) is 4.90 Å². The summed E-state index contributed by atoms with van der Waals surface area (Å²) in [6.07, 6.45) is 1.55. The first-order valence-electron chi connectivity index (χ1n) is 10.0. The molecule has 170 valence electrons. The fourth-order valence-electron chi connectivity index (χ4n) is 3.68. The van der Waals surface area contributed by atoms with Crippen LogP contribution in [0.15, 0.2) is 30.5 Å². The second-order valence-electron chi connectivity index (χ2n) is 7.75. The van der Waals surface area contributed by atoms with Crippen LogP contribution in [0.1, 0.15) is 38.8 Å². The molecule has 1 aliphatic heterocycles. The van der Waals surface area contributed by atoms with Crippen molar-refractivity contribution in [1.29, 1.82) is 0 Å². The van der Waals surface area contributed by atoms with Gasteiger partial charge in [-0.2, -0.15) is 13.2 Å². The van der Waals surface area contributed by atoms with E-state index in [0.29, 0.717) is 37.3 Å². The summed E-state index contributed by atoms with van der Waals surface area (Å²) in [5.74, 6) is 1.76. The molecule has 0 spiro atoms. The molecule has 3 rings (SSSR count). The number of rotatable bonds is 6. The first kappa shape index (κ1) is 23.6. The van der Waals surface area contributed by atoms with Crippen molar-refractivity contribution in [2.24, 2.45) is 0 Å². The molecule has 0 amide bonds. The minimum absolute atomic E-state index is 0.109. The lowest BCUT2D eigenvalue weighted by Gasteiger charge is -2.34. The lowest BCUT2D eigenvalue weighted by molar-refractivity contribution is -0.138. The number of aromatic nitrogens is 1. The number of halogens is 3. The molecule has 32 heavy (non-hydrogen) atoms. The Bertz CT molecular complexity index is 1030. The average Bonchev–Trinajstić information content (AvgIpc) is 2.73. The monoisotopic (exact) mass is 447 g/mol. The van der Waals surface area contributed by atoms with E-state index in [9.17, 15) is 23.1 Å². The van der Waals surface area contributed by atoms with Gasteiger partial charge in [0.25, 0.3) is 0 Å². The normalized spacial score (nSPS) is 18.1. The summed E-state index contributed by atoms with van der Waals surface area (Å²) in [7, 11) is 0. The molecule has 1 fully saturated rings. The lowest BCUT2D eigenvalue weighted by Crippen LogP contribution is -2.51. The number of carboxylic acid groups (broad SMARTS) is 1. The molecule has 1 aliphatic rings. The van der Waals surface area contributed by atoms with Gasteiger partial charge in [-0.15, -0.1) is 6.42 Å². The van der Waals surface area contributed by atoms with Crippen LogP contribution < -0.4 is 10.1 Å². The zero-order chi connectivity index (χ0) is 23.5. The van der Waals surface area contributed by atoms with Gasteiger partial charge in [0, 0.05) is 26.2 Å². The largest absolute Gasteiger partial charge is 0.483 e. The van der Waals surface area contributed by atoms with E-state index in [0.717, 1.165) is 6.07 Å². The van der Waals surface area contributed by atoms with Crippen molar-refractivity contribution < 1.29 is 27.8 Å². The van der Waals surface area contributed by atoms with Crippen LogP contribution in [0.5, 0.6) is 5.75 Å². The number of pyridine rings is 1. The van der Waals surface area contributed by atoms with Gasteiger partial charge in [-0.05, 0) is 42.7 Å². The number of carboxylic acids is 1. The van der Waals surface area contributed by atoms with Crippen molar-refractivity contribution in [3.8, 4) is 18.1 Å². The number of ether oxygens (including phenoxy) is 1. The van der Waals surface area contributed by atoms with E-state index in [1.165, 1.54) is 25.3 Å². The van der Waals surface area contributed by atoms with Gasteiger partial charge < -0.3 is 15.2 Å². The minimum atomic E-state index is -4.49. The molecule has 0 radical (unpaired) electrons. The summed E-state index contributed by atoms with van der Waals surface area (Å²) in [5, 5.41) is 12.4. The van der Waals surface area contributed by atoms with E-state index in [2.05, 4.69) is 16.2 Å². The summed E-state index contributed by atoms with van der Waals surface area (Å²) in [5.41, 5.74) is 0.0447. The van der Waals surface area contributed by atoms with Crippen LogP contribution in [0, 0.1) is 26.2 Å². The van der Waals surface area contributed by atoms with Crippen LogP contribution >= 0.6 is 0 Å². The maximum atomic E-state index is 13.5. The number of piperazine rings is 1. The molecule has 9 heteroatoms. The van der Waals surface area contributed by atoms with Gasteiger partial charge >= 0.3 is 12.1 Å². The van der Waals surface area contributed by atoms with Crippen LogP contribution in [-0.2, 0) is 6.18 Å². The Labute approximate surface area is 184 Å². The molecule has 2 N–H and O–H groups in total. The zero-order valence-electron chi connectivity index (χ0n) is 17.7. The molecule has 1 saturated heterocycles. The fourth-order valence-corrected chi connectivity index (χ4v) is 3.68. The number of terminal acetylenes is 1. The Kier molecular flexibility index (Phi) is 7.06. The fraction of sp³-hybridized carbons (Fsp3) is 0.391. The first-order valence-corrected chi connectivity index (χ1v) is 10.0. The van der Waals surface area contributed by atoms with Gasteiger partial charge in [-0.1, -0.05) is 18.1 Å². The smallest absolute Gasteiger partial charge is 0.416 e. The number of hydrogen-bond donors (Lipinski definition) is 2. The predicted molar refractivity (Wildman–Crippen MR) is 113 cm³/mol. The number of nitrogens with zero attached hydrogens (tertiary/aromatic N) is 2. The number of benzene rings is 1. The van der Waals surface area contributed by atoms with Crippen molar-refractivity contribution in [2.75, 3.05) is 26.2 Å². The highest BCUT2D eigenvalue weighted by molar-refractivity contribution is 5.87. The number of alkyl halides is 3. The van der Waals surface area contributed by atoms with Gasteiger partial charge in [0.1, 0.15) is 11.9 Å². The topological polar surface area (TPSA) is 74.7 Å². The predicted octanol–water partition coefficient (Wildman–Crippen LogP) is 3.44. The number of aromatic carboxylic acids is 1. The number of aryl methyl sites for hydroxylation is 2. The summed E-state index contributed by atoms with van der Waals surface area (Å²) in [4.78, 5) is 17.2. The summed E-state index contributed by atoms with van der Waals surface area (Å²) >= 11 is 0. The van der Waals surface area contributed by atoms with E-state index in [4.69, 9.17) is 11.2 Å². The Morgan fingerprint density at radius 2 is 2.12 bits per heavy atom. The van der Waals surface area contributed by atoms with Crippen LogP contribution in [0.4, 0.5) is 13.2 Å². The lowest BCUT2D eigenvalue weighted by atomic mass is 10.0. The van der Waals surface area contributed by atoms with Crippen LogP contribution in [0.25, 0.3) is 0 Å². The minimum Gasteiger partial charge on any atom is -0.483 e. The molecule has 1 unspecified atom stereocenters. The highest BCUT2D eigenvalue weighted by Crippen LogP contribution is 2.34. The Morgan fingerprint density at radius 1 is 1.38 bits per heavy atom. The van der Waals surface area contributed by atoms with Crippen LogP contribution in [-0.4, -0.2) is 53.2 Å². The van der Waals surface area contributed by atoms with Crippen molar-refractivity contribution in [3.05, 3.63) is 58.4 Å². The first-order chi connectivity index (χ1) is 15.1.